The van der Waals surface area contributed by atoms with E-state index in [0.717, 1.165) is 4.90 Å². The van der Waals surface area contributed by atoms with Crippen molar-refractivity contribution in [2.75, 3.05) is 27.3 Å². The minimum absolute atomic E-state index is 0.266. The van der Waals surface area contributed by atoms with Crippen LogP contribution in [0, 0.1) is 5.82 Å². The van der Waals surface area contributed by atoms with Crippen molar-refractivity contribution in [2.45, 2.75) is 11.3 Å². The monoisotopic (exact) mass is 570 g/mol. The fourth-order valence-electron chi connectivity index (χ4n) is 2.96. The Balaban J connectivity index is 1.82. The SMILES string of the molecule is COC(=O)NCCCNSc1cc(-c2ncc(-c3ccc(F)c(Br)c3)n2C(=O)OC)ccc1Cl. The van der Waals surface area contributed by atoms with Crippen LogP contribution in [0.2, 0.25) is 5.02 Å². The van der Waals surface area contributed by atoms with Gasteiger partial charge >= 0.3 is 12.2 Å². The van der Waals surface area contributed by atoms with Crippen LogP contribution >= 0.6 is 39.5 Å². The number of nitrogens with one attached hydrogen (secondary N) is 2. The molecule has 0 aliphatic carbocycles. The number of hydrogen-bond donors (Lipinski definition) is 2. The molecule has 180 valence electrons. The van der Waals surface area contributed by atoms with Gasteiger partial charge in [0.1, 0.15) is 11.6 Å². The first-order chi connectivity index (χ1) is 16.3. The fourth-order valence-corrected chi connectivity index (χ4v) is 4.33. The van der Waals surface area contributed by atoms with Gasteiger partial charge < -0.3 is 14.8 Å². The summed E-state index contributed by atoms with van der Waals surface area (Å²) in [4.78, 5) is 28.9. The average Bonchev–Trinajstić information content (AvgIpc) is 3.28. The minimum Gasteiger partial charge on any atom is -0.453 e. The van der Waals surface area contributed by atoms with E-state index >= 15 is 0 Å². The van der Waals surface area contributed by atoms with E-state index in [0.29, 0.717) is 47.2 Å². The highest BCUT2D eigenvalue weighted by atomic mass is 79.9. The van der Waals surface area contributed by atoms with Gasteiger partial charge in [-0.25, -0.2) is 23.5 Å². The molecule has 0 bridgehead atoms. The van der Waals surface area contributed by atoms with Crippen molar-refractivity contribution in [3.05, 3.63) is 57.9 Å². The van der Waals surface area contributed by atoms with Gasteiger partial charge in [-0.2, -0.15) is 0 Å². The second-order valence-corrected chi connectivity index (χ2v) is 9.01. The quantitative estimate of drug-likeness (QED) is 0.263. The maximum absolute atomic E-state index is 13.7. The summed E-state index contributed by atoms with van der Waals surface area (Å²) in [5, 5.41) is 3.12. The molecule has 0 aliphatic heterocycles. The van der Waals surface area contributed by atoms with Gasteiger partial charge in [0.25, 0.3) is 0 Å². The van der Waals surface area contributed by atoms with E-state index < -0.39 is 18.0 Å². The van der Waals surface area contributed by atoms with E-state index in [1.165, 1.54) is 43.0 Å². The minimum atomic E-state index is -0.636. The number of halogens is 3. The van der Waals surface area contributed by atoms with E-state index in [2.05, 4.69) is 35.7 Å². The number of aromatic nitrogens is 2. The van der Waals surface area contributed by atoms with Crippen LogP contribution in [0.5, 0.6) is 0 Å². The van der Waals surface area contributed by atoms with Gasteiger partial charge in [0.05, 0.1) is 35.6 Å². The third-order valence-corrected chi connectivity index (χ3v) is 6.57. The largest absolute Gasteiger partial charge is 0.453 e. The zero-order valence-electron chi connectivity index (χ0n) is 18.2. The number of alkyl carbamates (subject to hydrolysis) is 1. The lowest BCUT2D eigenvalue weighted by atomic mass is 10.1. The number of carbonyl (C=O) groups excluding carboxylic acids is 2. The van der Waals surface area contributed by atoms with Crippen LogP contribution in [0.25, 0.3) is 22.6 Å². The molecule has 0 fully saturated rings. The highest BCUT2D eigenvalue weighted by molar-refractivity contribution is 9.10. The molecular formula is C22H21BrClFN4O4S. The first kappa shape index (κ1) is 26.0. The zero-order chi connectivity index (χ0) is 24.7. The lowest BCUT2D eigenvalue weighted by Gasteiger charge is -2.12. The van der Waals surface area contributed by atoms with Gasteiger partial charge in [-0.15, -0.1) is 0 Å². The van der Waals surface area contributed by atoms with E-state index in [4.69, 9.17) is 16.3 Å². The van der Waals surface area contributed by atoms with Gasteiger partial charge in [0.2, 0.25) is 0 Å². The normalized spacial score (nSPS) is 10.7. The molecule has 2 aromatic carbocycles. The summed E-state index contributed by atoms with van der Waals surface area (Å²) in [6, 6.07) is 9.69. The molecule has 0 saturated heterocycles. The van der Waals surface area contributed by atoms with E-state index in [-0.39, 0.29) is 4.47 Å². The molecule has 1 aromatic heterocycles. The van der Waals surface area contributed by atoms with Crippen LogP contribution in [0.15, 0.2) is 52.0 Å². The van der Waals surface area contributed by atoms with Gasteiger partial charge in [0.15, 0.2) is 0 Å². The number of carbonyl (C=O) groups is 2. The molecule has 2 N–H and O–H groups in total. The Labute approximate surface area is 213 Å². The lowest BCUT2D eigenvalue weighted by Crippen LogP contribution is -2.25. The summed E-state index contributed by atoms with van der Waals surface area (Å²) in [5.74, 6) is -0.0656. The average molecular weight is 572 g/mol. The van der Waals surface area contributed by atoms with Crippen molar-refractivity contribution in [1.82, 2.24) is 19.6 Å². The van der Waals surface area contributed by atoms with E-state index in [1.54, 1.807) is 30.3 Å². The van der Waals surface area contributed by atoms with Crippen LogP contribution in [-0.2, 0) is 9.47 Å². The molecule has 0 atom stereocenters. The van der Waals surface area contributed by atoms with Crippen LogP contribution in [0.1, 0.15) is 6.42 Å². The number of methoxy groups -OCH3 is 2. The molecular weight excluding hydrogens is 551 g/mol. The third kappa shape index (κ3) is 6.29. The van der Waals surface area contributed by atoms with Gasteiger partial charge in [-0.05, 0) is 70.7 Å². The van der Waals surface area contributed by atoms with Crippen molar-refractivity contribution >= 4 is 51.7 Å². The fraction of sp³-hybridized carbons (Fsp3) is 0.227. The van der Waals surface area contributed by atoms with Gasteiger partial charge in [-0.1, -0.05) is 11.6 Å². The smallest absolute Gasteiger partial charge is 0.419 e. The molecule has 8 nitrogen and oxygen atoms in total. The number of amides is 1. The maximum Gasteiger partial charge on any atom is 0.419 e. The number of imidazole rings is 1. The molecule has 0 unspecified atom stereocenters. The topological polar surface area (TPSA) is 94.5 Å². The predicted octanol–water partition coefficient (Wildman–Crippen LogP) is 5.73. The first-order valence-electron chi connectivity index (χ1n) is 9.98. The molecule has 1 heterocycles. The number of hydrogen-bond acceptors (Lipinski definition) is 7. The summed E-state index contributed by atoms with van der Waals surface area (Å²) in [7, 11) is 2.59. The van der Waals surface area contributed by atoms with Crippen molar-refractivity contribution in [2.24, 2.45) is 0 Å². The van der Waals surface area contributed by atoms with Crippen molar-refractivity contribution in [3.63, 3.8) is 0 Å². The second-order valence-electron chi connectivity index (χ2n) is 6.81. The lowest BCUT2D eigenvalue weighted by molar-refractivity contribution is 0.170. The van der Waals surface area contributed by atoms with Crippen LogP contribution < -0.4 is 10.0 Å². The Bertz CT molecular complexity index is 1190. The van der Waals surface area contributed by atoms with Crippen molar-refractivity contribution < 1.29 is 23.5 Å². The molecule has 3 aromatic rings. The molecule has 34 heavy (non-hydrogen) atoms. The van der Waals surface area contributed by atoms with Gasteiger partial charge in [-0.3, -0.25) is 4.72 Å². The molecule has 1 amide bonds. The Kier molecular flexibility index (Phi) is 9.34. The Morgan fingerprint density at radius 2 is 1.91 bits per heavy atom. The van der Waals surface area contributed by atoms with Crippen LogP contribution in [-0.4, -0.2) is 49.0 Å². The maximum atomic E-state index is 13.7. The Hall–Kier alpha value is -2.60. The summed E-state index contributed by atoms with van der Waals surface area (Å²) in [6.45, 7) is 1.07. The molecule has 0 saturated carbocycles. The molecule has 0 radical (unpaired) electrons. The molecule has 0 spiro atoms. The number of nitrogens with zero attached hydrogens (tertiary/aromatic N) is 2. The summed E-state index contributed by atoms with van der Waals surface area (Å²) >= 11 is 10.8. The highest BCUT2D eigenvalue weighted by Gasteiger charge is 2.21. The van der Waals surface area contributed by atoms with Crippen molar-refractivity contribution in [1.29, 1.82) is 0 Å². The summed E-state index contributed by atoms with van der Waals surface area (Å²) in [5.41, 5.74) is 1.67. The number of ether oxygens (including phenoxy) is 2. The number of benzene rings is 2. The Morgan fingerprint density at radius 3 is 2.62 bits per heavy atom. The molecule has 3 rings (SSSR count). The molecule has 12 heteroatoms. The summed E-state index contributed by atoms with van der Waals surface area (Å²) < 4.78 is 28.0. The van der Waals surface area contributed by atoms with Gasteiger partial charge in [0, 0.05) is 29.1 Å². The molecule has 0 aliphatic rings. The predicted molar refractivity (Wildman–Crippen MR) is 132 cm³/mol. The second kappa shape index (κ2) is 12.2. The zero-order valence-corrected chi connectivity index (χ0v) is 21.4. The van der Waals surface area contributed by atoms with Crippen molar-refractivity contribution in [3.8, 4) is 22.6 Å². The van der Waals surface area contributed by atoms with Crippen LogP contribution in [0.3, 0.4) is 0 Å². The first-order valence-corrected chi connectivity index (χ1v) is 12.0. The third-order valence-electron chi connectivity index (χ3n) is 4.62. The Morgan fingerprint density at radius 1 is 1.15 bits per heavy atom. The highest BCUT2D eigenvalue weighted by Crippen LogP contribution is 2.33. The van der Waals surface area contributed by atoms with Crippen LogP contribution in [0.4, 0.5) is 14.0 Å². The number of rotatable bonds is 8. The summed E-state index contributed by atoms with van der Waals surface area (Å²) in [6.07, 6.45) is 1.10. The standard InChI is InChI=1S/C22H21BrClFN4O4S/c1-32-21(30)26-8-3-9-28-34-19-11-14(4-6-16(19)24)20-27-12-18(29(20)22(31)33-2)13-5-7-17(25)15(23)10-13/h4-7,10-12,28H,3,8-9H2,1-2H3,(H,26,30). The van der Waals surface area contributed by atoms with E-state index in [1.807, 2.05) is 0 Å². The van der Waals surface area contributed by atoms with E-state index in [9.17, 15) is 14.0 Å².